The maximum Gasteiger partial charge on any atom is 0.339 e. The minimum atomic E-state index is -1.31. The quantitative estimate of drug-likeness (QED) is 0.230. The number of carboxylic acid groups (broad SMARTS) is 1. The smallest absolute Gasteiger partial charge is 0.339 e. The second-order valence-electron chi connectivity index (χ2n) is 9.48. The standard InChI is InChI=1S/C28H33ClFN3O3S/c1-4-5-9-24-32-26(29)22(15-31-27(34)23(37)14-17(2)3)33(24)16-18-10-12-19(13-11-18)20-7-6-8-21(30)25(20)28(35)36/h6-8,10-13,17,23,37H,4-5,9,14-16H2,1-3H3,(H,31,34)(H,35,36). The number of imidazole rings is 1. The van der Waals surface area contributed by atoms with Gasteiger partial charge in [-0.1, -0.05) is 75.2 Å². The molecule has 198 valence electrons. The lowest BCUT2D eigenvalue weighted by Gasteiger charge is -2.16. The van der Waals surface area contributed by atoms with Gasteiger partial charge in [-0.05, 0) is 41.5 Å². The number of rotatable bonds is 12. The second-order valence-corrected chi connectivity index (χ2v) is 10.5. The van der Waals surface area contributed by atoms with Crippen LogP contribution in [0.15, 0.2) is 42.5 Å². The van der Waals surface area contributed by atoms with Crippen LogP contribution in [0.25, 0.3) is 11.1 Å². The van der Waals surface area contributed by atoms with Gasteiger partial charge in [-0.3, -0.25) is 4.79 Å². The topological polar surface area (TPSA) is 84.2 Å². The predicted molar refractivity (Wildman–Crippen MR) is 148 cm³/mol. The van der Waals surface area contributed by atoms with Crippen LogP contribution in [0.4, 0.5) is 4.39 Å². The van der Waals surface area contributed by atoms with Crippen molar-refractivity contribution in [2.24, 2.45) is 5.92 Å². The Kier molecular flexibility index (Phi) is 10.2. The number of carbonyl (C=O) groups excluding carboxylic acids is 1. The Morgan fingerprint density at radius 1 is 1.19 bits per heavy atom. The summed E-state index contributed by atoms with van der Waals surface area (Å²) in [5.41, 5.74) is 2.22. The van der Waals surface area contributed by atoms with Crippen molar-refractivity contribution < 1.29 is 19.1 Å². The summed E-state index contributed by atoms with van der Waals surface area (Å²) in [5, 5.41) is 12.4. The number of hydrogen-bond donors (Lipinski definition) is 3. The van der Waals surface area contributed by atoms with E-state index in [4.69, 9.17) is 11.6 Å². The number of carboxylic acids is 1. The summed E-state index contributed by atoms with van der Waals surface area (Å²) in [7, 11) is 0. The van der Waals surface area contributed by atoms with Crippen molar-refractivity contribution in [2.45, 2.75) is 64.8 Å². The molecule has 1 heterocycles. The molecule has 2 N–H and O–H groups in total. The number of nitrogens with one attached hydrogen (secondary N) is 1. The molecule has 37 heavy (non-hydrogen) atoms. The first-order valence-electron chi connectivity index (χ1n) is 12.4. The average molecular weight is 546 g/mol. The van der Waals surface area contributed by atoms with Gasteiger partial charge in [0.2, 0.25) is 5.91 Å². The Morgan fingerprint density at radius 3 is 2.51 bits per heavy atom. The summed E-state index contributed by atoms with van der Waals surface area (Å²) in [6.45, 7) is 6.90. The molecule has 0 aliphatic rings. The molecule has 1 unspecified atom stereocenters. The number of unbranched alkanes of at least 4 members (excludes halogenated alkanes) is 1. The number of aryl methyl sites for hydroxylation is 1. The van der Waals surface area contributed by atoms with Crippen molar-refractivity contribution in [1.29, 1.82) is 0 Å². The SMILES string of the molecule is CCCCc1nc(Cl)c(CNC(=O)C(S)CC(C)C)n1Cc1ccc(-c2cccc(F)c2C(=O)O)cc1. The van der Waals surface area contributed by atoms with E-state index in [-0.39, 0.29) is 18.0 Å². The van der Waals surface area contributed by atoms with E-state index in [1.54, 1.807) is 18.2 Å². The van der Waals surface area contributed by atoms with E-state index in [2.05, 4.69) is 29.9 Å². The molecule has 0 spiro atoms. The van der Waals surface area contributed by atoms with Crippen LogP contribution >= 0.6 is 24.2 Å². The highest BCUT2D eigenvalue weighted by molar-refractivity contribution is 7.81. The minimum Gasteiger partial charge on any atom is -0.478 e. The monoisotopic (exact) mass is 545 g/mol. The fourth-order valence-corrected chi connectivity index (χ4v) is 4.96. The van der Waals surface area contributed by atoms with Crippen LogP contribution < -0.4 is 5.32 Å². The largest absolute Gasteiger partial charge is 0.478 e. The molecule has 0 aliphatic carbocycles. The molecule has 3 rings (SSSR count). The number of nitrogens with zero attached hydrogens (tertiary/aromatic N) is 2. The maximum atomic E-state index is 14.1. The van der Waals surface area contributed by atoms with Crippen LogP contribution in [0.1, 0.15) is 67.5 Å². The number of hydrogen-bond acceptors (Lipinski definition) is 4. The maximum absolute atomic E-state index is 14.1. The number of amides is 1. The van der Waals surface area contributed by atoms with Crippen molar-refractivity contribution in [3.05, 3.63) is 76.1 Å². The zero-order chi connectivity index (χ0) is 27.1. The third-order valence-electron chi connectivity index (χ3n) is 6.12. The molecule has 2 aromatic carbocycles. The van der Waals surface area contributed by atoms with E-state index in [0.29, 0.717) is 40.9 Å². The molecule has 1 amide bonds. The van der Waals surface area contributed by atoms with Gasteiger partial charge in [0.15, 0.2) is 5.15 Å². The lowest BCUT2D eigenvalue weighted by atomic mass is 9.98. The number of aromatic carboxylic acids is 1. The van der Waals surface area contributed by atoms with Crippen LogP contribution in [-0.4, -0.2) is 31.8 Å². The third-order valence-corrected chi connectivity index (χ3v) is 6.87. The number of aromatic nitrogens is 2. The molecule has 6 nitrogen and oxygen atoms in total. The summed E-state index contributed by atoms with van der Waals surface area (Å²) >= 11 is 10.9. The van der Waals surface area contributed by atoms with Gasteiger partial charge in [0.25, 0.3) is 0 Å². The zero-order valence-corrected chi connectivity index (χ0v) is 23.0. The van der Waals surface area contributed by atoms with Gasteiger partial charge < -0.3 is 15.0 Å². The molecule has 0 bridgehead atoms. The lowest BCUT2D eigenvalue weighted by molar-refractivity contribution is -0.121. The Bertz CT molecular complexity index is 1240. The summed E-state index contributed by atoms with van der Waals surface area (Å²) in [5.74, 6) is -1.04. The number of carbonyl (C=O) groups is 2. The van der Waals surface area contributed by atoms with Gasteiger partial charge >= 0.3 is 5.97 Å². The molecular formula is C28H33ClFN3O3S. The highest BCUT2D eigenvalue weighted by atomic mass is 35.5. The van der Waals surface area contributed by atoms with Gasteiger partial charge in [-0.15, -0.1) is 0 Å². The summed E-state index contributed by atoms with van der Waals surface area (Å²) in [6.07, 6.45) is 3.37. The highest BCUT2D eigenvalue weighted by Crippen LogP contribution is 2.27. The first kappa shape index (κ1) is 28.7. The summed E-state index contributed by atoms with van der Waals surface area (Å²) in [6, 6.07) is 11.5. The van der Waals surface area contributed by atoms with Crippen LogP contribution in [0.3, 0.4) is 0 Å². The van der Waals surface area contributed by atoms with Crippen molar-refractivity contribution in [2.75, 3.05) is 0 Å². The Balaban J connectivity index is 1.86. The van der Waals surface area contributed by atoms with Gasteiger partial charge in [0.05, 0.1) is 17.5 Å². The number of thiol groups is 1. The van der Waals surface area contributed by atoms with Crippen molar-refractivity contribution in [3.63, 3.8) is 0 Å². The highest BCUT2D eigenvalue weighted by Gasteiger charge is 2.20. The molecule has 3 aromatic rings. The number of benzene rings is 2. The van der Waals surface area contributed by atoms with Gasteiger partial charge in [0.1, 0.15) is 17.2 Å². The molecule has 0 aliphatic heterocycles. The lowest BCUT2D eigenvalue weighted by Crippen LogP contribution is -2.32. The third kappa shape index (κ3) is 7.36. The van der Waals surface area contributed by atoms with E-state index < -0.39 is 17.0 Å². The van der Waals surface area contributed by atoms with Crippen molar-refractivity contribution >= 4 is 36.1 Å². The second kappa shape index (κ2) is 13.1. The Hall–Kier alpha value is -2.84. The van der Waals surface area contributed by atoms with Gasteiger partial charge in [-0.25, -0.2) is 14.2 Å². The van der Waals surface area contributed by atoms with Crippen LogP contribution in [0, 0.1) is 11.7 Å². The molecule has 0 saturated heterocycles. The fourth-order valence-electron chi connectivity index (χ4n) is 4.18. The first-order valence-corrected chi connectivity index (χ1v) is 13.3. The molecule has 0 radical (unpaired) electrons. The average Bonchev–Trinajstić information content (AvgIpc) is 3.14. The van der Waals surface area contributed by atoms with E-state index in [1.165, 1.54) is 6.07 Å². The van der Waals surface area contributed by atoms with E-state index in [1.807, 2.05) is 30.5 Å². The molecule has 0 saturated carbocycles. The normalized spacial score (nSPS) is 12.1. The van der Waals surface area contributed by atoms with Gasteiger partial charge in [-0.2, -0.15) is 12.6 Å². The number of halogens is 2. The van der Waals surface area contributed by atoms with Crippen molar-refractivity contribution in [1.82, 2.24) is 14.9 Å². The molecular weight excluding hydrogens is 513 g/mol. The Labute approximate surface area is 227 Å². The molecule has 9 heteroatoms. The van der Waals surface area contributed by atoms with Crippen LogP contribution in [-0.2, 0) is 24.3 Å². The van der Waals surface area contributed by atoms with Gasteiger partial charge in [0, 0.05) is 13.0 Å². The Morgan fingerprint density at radius 2 is 1.89 bits per heavy atom. The van der Waals surface area contributed by atoms with Crippen LogP contribution in [0.2, 0.25) is 5.15 Å². The molecule has 1 atom stereocenters. The zero-order valence-electron chi connectivity index (χ0n) is 21.3. The molecule has 0 fully saturated rings. The fraction of sp³-hybridized carbons (Fsp3) is 0.393. The summed E-state index contributed by atoms with van der Waals surface area (Å²) in [4.78, 5) is 28.7. The van der Waals surface area contributed by atoms with Crippen molar-refractivity contribution in [3.8, 4) is 11.1 Å². The minimum absolute atomic E-state index is 0.148. The predicted octanol–water partition coefficient (Wildman–Crippen LogP) is 6.39. The summed E-state index contributed by atoms with van der Waals surface area (Å²) < 4.78 is 16.2. The van der Waals surface area contributed by atoms with E-state index >= 15 is 0 Å². The van der Waals surface area contributed by atoms with Crippen LogP contribution in [0.5, 0.6) is 0 Å². The molecule has 1 aromatic heterocycles. The van der Waals surface area contributed by atoms with E-state index in [9.17, 15) is 19.1 Å². The van der Waals surface area contributed by atoms with E-state index in [0.717, 1.165) is 36.7 Å². The first-order chi connectivity index (χ1) is 17.6.